The van der Waals surface area contributed by atoms with Crippen LogP contribution in [0.3, 0.4) is 0 Å². The van der Waals surface area contributed by atoms with E-state index in [2.05, 4.69) is 11.9 Å². The first-order valence-corrected chi connectivity index (χ1v) is 8.71. The Labute approximate surface area is 138 Å². The van der Waals surface area contributed by atoms with Gasteiger partial charge >= 0.3 is 0 Å². The monoisotopic (exact) mass is 320 g/mol. The summed E-state index contributed by atoms with van der Waals surface area (Å²) in [5.74, 6) is 0.822. The van der Waals surface area contributed by atoms with Crippen LogP contribution in [0.1, 0.15) is 48.7 Å². The Morgan fingerprint density at radius 1 is 1.39 bits per heavy atom. The predicted molar refractivity (Wildman–Crippen MR) is 88.6 cm³/mol. The molecule has 1 aromatic heterocycles. The zero-order valence-corrected chi connectivity index (χ0v) is 14.5. The van der Waals surface area contributed by atoms with Gasteiger partial charge in [-0.1, -0.05) is 0 Å². The largest absolute Gasteiger partial charge is 0.469 e. The maximum atomic E-state index is 12.6. The first-order valence-electron chi connectivity index (χ1n) is 8.71. The van der Waals surface area contributed by atoms with Gasteiger partial charge in [0, 0.05) is 31.3 Å². The van der Waals surface area contributed by atoms with Crippen molar-refractivity contribution in [2.45, 2.75) is 51.1 Å². The summed E-state index contributed by atoms with van der Waals surface area (Å²) < 4.78 is 10.9. The summed E-state index contributed by atoms with van der Waals surface area (Å²) in [5.41, 5.74) is 0.958. The average molecular weight is 320 g/mol. The molecule has 2 aliphatic rings. The minimum absolute atomic E-state index is 0.109. The molecule has 1 spiro atoms. The predicted octanol–water partition coefficient (Wildman–Crippen LogP) is 2.69. The van der Waals surface area contributed by atoms with Gasteiger partial charge in [0.2, 0.25) is 0 Å². The second kappa shape index (κ2) is 6.65. The lowest BCUT2D eigenvalue weighted by molar-refractivity contribution is 0.0210. The van der Waals surface area contributed by atoms with Crippen LogP contribution in [0.15, 0.2) is 16.7 Å². The molecule has 1 aromatic rings. The van der Waals surface area contributed by atoms with Crippen LogP contribution in [-0.2, 0) is 4.74 Å². The molecule has 0 N–H and O–H groups in total. The fraction of sp³-hybridized carbons (Fsp3) is 0.722. The van der Waals surface area contributed by atoms with Crippen LogP contribution in [0.2, 0.25) is 0 Å². The molecule has 2 aliphatic heterocycles. The van der Waals surface area contributed by atoms with Crippen LogP contribution in [0, 0.1) is 6.92 Å². The Morgan fingerprint density at radius 3 is 2.74 bits per heavy atom. The fourth-order valence-corrected chi connectivity index (χ4v) is 4.15. The highest BCUT2D eigenvalue weighted by Gasteiger charge is 2.46. The van der Waals surface area contributed by atoms with Gasteiger partial charge < -0.3 is 14.1 Å². The third-order valence-electron chi connectivity index (χ3n) is 5.82. The average Bonchev–Trinajstić information content (AvgIpc) is 3.11. The molecule has 3 heterocycles. The molecular formula is C18H28N2O3. The van der Waals surface area contributed by atoms with Crippen LogP contribution >= 0.6 is 0 Å². The highest BCUT2D eigenvalue weighted by molar-refractivity contribution is 5.95. The van der Waals surface area contributed by atoms with Gasteiger partial charge in [-0.05, 0) is 52.6 Å². The van der Waals surface area contributed by atoms with Crippen LogP contribution in [0.5, 0.6) is 0 Å². The molecule has 5 nitrogen and oxygen atoms in total. The van der Waals surface area contributed by atoms with Crippen molar-refractivity contribution in [3.05, 3.63) is 23.7 Å². The Bertz CT molecular complexity index is 546. The van der Waals surface area contributed by atoms with Gasteiger partial charge in [-0.25, -0.2) is 0 Å². The SMILES string of the molecule is CCOCC1CCC2(CCN(C(=O)c3ccoc3C)CC2)N1C. The number of likely N-dealkylation sites (tertiary alicyclic amines) is 2. The van der Waals surface area contributed by atoms with E-state index in [1.165, 1.54) is 12.8 Å². The Morgan fingerprint density at radius 2 is 2.13 bits per heavy atom. The normalized spacial score (nSPS) is 24.5. The number of carbonyl (C=O) groups excluding carboxylic acids is 1. The lowest BCUT2D eigenvalue weighted by atomic mass is 9.85. The molecule has 128 valence electrons. The van der Waals surface area contributed by atoms with Crippen LogP contribution < -0.4 is 0 Å². The van der Waals surface area contributed by atoms with E-state index in [0.29, 0.717) is 17.4 Å². The van der Waals surface area contributed by atoms with Crippen molar-refractivity contribution in [1.82, 2.24) is 9.80 Å². The molecule has 23 heavy (non-hydrogen) atoms. The summed E-state index contributed by atoms with van der Waals surface area (Å²) >= 11 is 0. The van der Waals surface area contributed by atoms with Gasteiger partial charge in [0.05, 0.1) is 18.4 Å². The summed E-state index contributed by atoms with van der Waals surface area (Å²) in [6.45, 7) is 7.16. The van der Waals surface area contributed by atoms with Gasteiger partial charge in [-0.3, -0.25) is 9.69 Å². The second-order valence-electron chi connectivity index (χ2n) is 6.87. The number of nitrogens with zero attached hydrogens (tertiary/aromatic N) is 2. The van der Waals surface area contributed by atoms with E-state index in [1.54, 1.807) is 12.3 Å². The molecule has 0 bridgehead atoms. The third-order valence-corrected chi connectivity index (χ3v) is 5.82. The molecule has 0 saturated carbocycles. The number of amides is 1. The molecule has 1 atom stereocenters. The smallest absolute Gasteiger partial charge is 0.257 e. The quantitative estimate of drug-likeness (QED) is 0.856. The van der Waals surface area contributed by atoms with Gasteiger partial charge in [0.25, 0.3) is 5.91 Å². The summed E-state index contributed by atoms with van der Waals surface area (Å²) in [5, 5.41) is 0. The van der Waals surface area contributed by atoms with Crippen LogP contribution in [-0.4, -0.2) is 60.6 Å². The van der Waals surface area contributed by atoms with E-state index in [4.69, 9.17) is 9.15 Å². The van der Waals surface area contributed by atoms with Crippen LogP contribution in [0.25, 0.3) is 0 Å². The number of ether oxygens (including phenoxy) is 1. The summed E-state index contributed by atoms with van der Waals surface area (Å²) in [7, 11) is 2.23. The highest BCUT2D eigenvalue weighted by atomic mass is 16.5. The first-order chi connectivity index (χ1) is 11.1. The van der Waals surface area contributed by atoms with E-state index in [-0.39, 0.29) is 11.4 Å². The summed E-state index contributed by atoms with van der Waals surface area (Å²) in [6.07, 6.45) is 6.11. The number of piperidine rings is 1. The Hall–Kier alpha value is -1.33. The standard InChI is InChI=1S/C18H28N2O3/c1-4-22-13-15-5-7-18(19(15)3)8-10-20(11-9-18)17(21)16-6-12-23-14(16)2/h6,12,15H,4-5,7-11,13H2,1-3H3. The van der Waals surface area contributed by atoms with Gasteiger partial charge in [-0.2, -0.15) is 0 Å². The maximum Gasteiger partial charge on any atom is 0.257 e. The topological polar surface area (TPSA) is 45.9 Å². The van der Waals surface area contributed by atoms with Gasteiger partial charge in [-0.15, -0.1) is 0 Å². The minimum atomic E-state index is 0.109. The molecule has 0 radical (unpaired) electrons. The molecule has 0 aromatic carbocycles. The number of carbonyl (C=O) groups is 1. The second-order valence-corrected chi connectivity index (χ2v) is 6.87. The maximum absolute atomic E-state index is 12.6. The van der Waals surface area contributed by atoms with Gasteiger partial charge in [0.1, 0.15) is 5.76 Å². The van der Waals surface area contributed by atoms with E-state index >= 15 is 0 Å². The van der Waals surface area contributed by atoms with Crippen molar-refractivity contribution < 1.29 is 13.9 Å². The molecule has 2 saturated heterocycles. The molecule has 1 unspecified atom stereocenters. The van der Waals surface area contributed by atoms with Crippen molar-refractivity contribution in [1.29, 1.82) is 0 Å². The van der Waals surface area contributed by atoms with Crippen molar-refractivity contribution in [2.24, 2.45) is 0 Å². The molecule has 1 amide bonds. The van der Waals surface area contributed by atoms with E-state index in [0.717, 1.165) is 39.1 Å². The zero-order chi connectivity index (χ0) is 16.4. The Kier molecular flexibility index (Phi) is 4.78. The lowest BCUT2D eigenvalue weighted by Crippen LogP contribution is -2.54. The number of hydrogen-bond donors (Lipinski definition) is 0. The third kappa shape index (κ3) is 3.04. The number of hydrogen-bond acceptors (Lipinski definition) is 4. The zero-order valence-electron chi connectivity index (χ0n) is 14.5. The Balaban J connectivity index is 1.60. The molecular weight excluding hydrogens is 292 g/mol. The van der Waals surface area contributed by atoms with Crippen LogP contribution in [0.4, 0.5) is 0 Å². The van der Waals surface area contributed by atoms with E-state index < -0.39 is 0 Å². The molecule has 0 aliphatic carbocycles. The molecule has 3 rings (SSSR count). The molecule has 2 fully saturated rings. The lowest BCUT2D eigenvalue weighted by Gasteiger charge is -2.45. The number of likely N-dealkylation sites (N-methyl/N-ethyl adjacent to an activating group) is 1. The summed E-state index contributed by atoms with van der Waals surface area (Å²) in [6, 6.07) is 2.30. The number of aryl methyl sites for hydroxylation is 1. The van der Waals surface area contributed by atoms with Crippen molar-refractivity contribution >= 4 is 5.91 Å². The highest BCUT2D eigenvalue weighted by Crippen LogP contribution is 2.40. The number of furan rings is 1. The number of rotatable bonds is 4. The first kappa shape index (κ1) is 16.5. The summed E-state index contributed by atoms with van der Waals surface area (Å²) in [4.78, 5) is 17.1. The molecule has 5 heteroatoms. The van der Waals surface area contributed by atoms with E-state index in [9.17, 15) is 4.79 Å². The fourth-order valence-electron chi connectivity index (χ4n) is 4.15. The van der Waals surface area contributed by atoms with Crippen molar-refractivity contribution in [3.8, 4) is 0 Å². The van der Waals surface area contributed by atoms with Crippen molar-refractivity contribution in [3.63, 3.8) is 0 Å². The van der Waals surface area contributed by atoms with Crippen molar-refractivity contribution in [2.75, 3.05) is 33.4 Å². The van der Waals surface area contributed by atoms with Gasteiger partial charge in [0.15, 0.2) is 0 Å². The minimum Gasteiger partial charge on any atom is -0.469 e. The van der Waals surface area contributed by atoms with E-state index in [1.807, 2.05) is 18.7 Å².